The van der Waals surface area contributed by atoms with Crippen LogP contribution in [0.25, 0.3) is 21.8 Å². The van der Waals surface area contributed by atoms with E-state index in [2.05, 4.69) is 10.3 Å². The summed E-state index contributed by atoms with van der Waals surface area (Å²) < 4.78 is 11.1. The third-order valence-electron chi connectivity index (χ3n) is 4.50. The van der Waals surface area contributed by atoms with E-state index < -0.39 is 16.6 Å². The molecule has 0 aliphatic heterocycles. The molecule has 0 aliphatic rings. The zero-order valence-electron chi connectivity index (χ0n) is 17.3. The van der Waals surface area contributed by atoms with E-state index in [1.165, 1.54) is 12.1 Å². The van der Waals surface area contributed by atoms with Gasteiger partial charge in [-0.25, -0.2) is 4.79 Å². The van der Waals surface area contributed by atoms with Crippen LogP contribution in [-0.2, 0) is 4.74 Å². The van der Waals surface area contributed by atoms with Gasteiger partial charge in [0, 0.05) is 40.2 Å². The lowest BCUT2D eigenvalue weighted by atomic mass is 10.1. The molecule has 1 heterocycles. The predicted molar refractivity (Wildman–Crippen MR) is 119 cm³/mol. The highest BCUT2D eigenvalue weighted by Crippen LogP contribution is 2.32. The molecular weight excluding hydrogens is 398 g/mol. The summed E-state index contributed by atoms with van der Waals surface area (Å²) in [5.74, 6) is 1.10. The summed E-state index contributed by atoms with van der Waals surface area (Å²) >= 11 is 0. The van der Waals surface area contributed by atoms with Gasteiger partial charge >= 0.3 is 6.09 Å². The van der Waals surface area contributed by atoms with Crippen molar-refractivity contribution in [2.45, 2.75) is 26.4 Å². The van der Waals surface area contributed by atoms with Crippen molar-refractivity contribution in [3.63, 3.8) is 0 Å². The molecule has 0 atom stereocenters. The Kier molecular flexibility index (Phi) is 4.98. The molecule has 0 spiro atoms. The molecule has 0 saturated heterocycles. The van der Waals surface area contributed by atoms with Crippen molar-refractivity contribution in [1.82, 2.24) is 4.98 Å². The number of amides is 1. The molecular formula is C23H21N3O5. The number of hydrogen-bond acceptors (Lipinski definition) is 5. The predicted octanol–water partition coefficient (Wildman–Crippen LogP) is 6.37. The SMILES string of the molecule is CC(C)(C)OC(=O)Nc1ccc2c(c1)[nH]c1cc(Oc3ccc([N+](=O)[O-])cc3)ccc12. The van der Waals surface area contributed by atoms with E-state index in [1.807, 2.05) is 57.2 Å². The molecule has 2 N–H and O–H groups in total. The van der Waals surface area contributed by atoms with E-state index in [9.17, 15) is 14.9 Å². The Labute approximate surface area is 177 Å². The molecule has 8 nitrogen and oxygen atoms in total. The van der Waals surface area contributed by atoms with Crippen molar-refractivity contribution >= 4 is 39.3 Å². The number of anilines is 1. The number of aromatic amines is 1. The van der Waals surface area contributed by atoms with Gasteiger partial charge in [-0.2, -0.15) is 0 Å². The van der Waals surface area contributed by atoms with Gasteiger partial charge in [0.05, 0.1) is 10.4 Å². The van der Waals surface area contributed by atoms with Crippen LogP contribution in [0.1, 0.15) is 20.8 Å². The van der Waals surface area contributed by atoms with Crippen LogP contribution < -0.4 is 10.1 Å². The number of aromatic nitrogens is 1. The number of carbonyl (C=O) groups is 1. The van der Waals surface area contributed by atoms with Crippen molar-refractivity contribution < 1.29 is 19.2 Å². The van der Waals surface area contributed by atoms with Crippen LogP contribution in [0.4, 0.5) is 16.2 Å². The van der Waals surface area contributed by atoms with Gasteiger partial charge in [-0.3, -0.25) is 15.4 Å². The average molecular weight is 419 g/mol. The normalized spacial score (nSPS) is 11.5. The van der Waals surface area contributed by atoms with Crippen LogP contribution in [-0.4, -0.2) is 21.6 Å². The Hall–Kier alpha value is -4.07. The number of benzene rings is 3. The van der Waals surface area contributed by atoms with Crippen molar-refractivity contribution in [3.05, 3.63) is 70.8 Å². The fraction of sp³-hybridized carbons (Fsp3) is 0.174. The number of nitro groups is 1. The van der Waals surface area contributed by atoms with E-state index in [0.717, 1.165) is 21.8 Å². The standard InChI is InChI=1S/C23H21N3O5/c1-23(2,3)31-22(27)24-14-4-10-18-19-11-9-17(13-21(19)25-20(18)12-14)30-16-7-5-15(6-8-16)26(28)29/h4-13,25H,1-3H3,(H,24,27). The first-order chi connectivity index (χ1) is 14.7. The molecule has 3 aromatic carbocycles. The van der Waals surface area contributed by atoms with Crippen molar-refractivity contribution in [1.29, 1.82) is 0 Å². The van der Waals surface area contributed by atoms with Crippen molar-refractivity contribution in [3.8, 4) is 11.5 Å². The molecule has 4 aromatic rings. The highest BCUT2D eigenvalue weighted by atomic mass is 16.6. The molecule has 1 aromatic heterocycles. The lowest BCUT2D eigenvalue weighted by Crippen LogP contribution is -2.27. The van der Waals surface area contributed by atoms with Gasteiger partial charge in [0.1, 0.15) is 17.1 Å². The van der Waals surface area contributed by atoms with Gasteiger partial charge in [-0.05, 0) is 57.2 Å². The number of non-ortho nitro benzene ring substituents is 1. The van der Waals surface area contributed by atoms with Gasteiger partial charge < -0.3 is 14.5 Å². The van der Waals surface area contributed by atoms with Gasteiger partial charge in [0.25, 0.3) is 5.69 Å². The third kappa shape index (κ3) is 4.58. The molecule has 31 heavy (non-hydrogen) atoms. The Balaban J connectivity index is 1.57. The fourth-order valence-electron chi connectivity index (χ4n) is 3.22. The summed E-state index contributed by atoms with van der Waals surface area (Å²) in [4.78, 5) is 25.7. The number of nitrogens with zero attached hydrogens (tertiary/aromatic N) is 1. The molecule has 158 valence electrons. The van der Waals surface area contributed by atoms with Crippen molar-refractivity contribution in [2.75, 3.05) is 5.32 Å². The second kappa shape index (κ2) is 7.64. The van der Waals surface area contributed by atoms with E-state index >= 15 is 0 Å². The minimum absolute atomic E-state index is 0.00853. The van der Waals surface area contributed by atoms with E-state index in [1.54, 1.807) is 12.1 Å². The quantitative estimate of drug-likeness (QED) is 0.295. The lowest BCUT2D eigenvalue weighted by molar-refractivity contribution is -0.384. The molecule has 4 rings (SSSR count). The number of ether oxygens (including phenoxy) is 2. The number of carbonyl (C=O) groups excluding carboxylic acids is 1. The van der Waals surface area contributed by atoms with Crippen molar-refractivity contribution in [2.24, 2.45) is 0 Å². The highest BCUT2D eigenvalue weighted by molar-refractivity contribution is 6.08. The second-order valence-corrected chi connectivity index (χ2v) is 8.07. The Bertz CT molecular complexity index is 1290. The van der Waals surface area contributed by atoms with Crippen LogP contribution in [0.15, 0.2) is 60.7 Å². The number of rotatable bonds is 4. The van der Waals surface area contributed by atoms with Gasteiger partial charge in [-0.1, -0.05) is 6.07 Å². The molecule has 1 amide bonds. The summed E-state index contributed by atoms with van der Waals surface area (Å²) in [5, 5.41) is 15.5. The first-order valence-electron chi connectivity index (χ1n) is 9.66. The third-order valence-corrected chi connectivity index (χ3v) is 4.50. The smallest absolute Gasteiger partial charge is 0.412 e. The van der Waals surface area contributed by atoms with Gasteiger partial charge in [0.15, 0.2) is 0 Å². The van der Waals surface area contributed by atoms with E-state index in [4.69, 9.17) is 9.47 Å². The minimum Gasteiger partial charge on any atom is -0.457 e. The van der Waals surface area contributed by atoms with E-state index in [0.29, 0.717) is 17.2 Å². The maximum absolute atomic E-state index is 12.0. The van der Waals surface area contributed by atoms with Crippen LogP contribution in [0.2, 0.25) is 0 Å². The largest absolute Gasteiger partial charge is 0.457 e. The van der Waals surface area contributed by atoms with Crippen LogP contribution in [0.5, 0.6) is 11.5 Å². The maximum atomic E-state index is 12.0. The van der Waals surface area contributed by atoms with Crippen LogP contribution in [0, 0.1) is 10.1 Å². The zero-order valence-corrected chi connectivity index (χ0v) is 17.3. The van der Waals surface area contributed by atoms with Gasteiger partial charge in [0.2, 0.25) is 0 Å². The topological polar surface area (TPSA) is 106 Å². The first kappa shape index (κ1) is 20.2. The fourth-order valence-corrected chi connectivity index (χ4v) is 3.22. The molecule has 0 aliphatic carbocycles. The van der Waals surface area contributed by atoms with Crippen LogP contribution >= 0.6 is 0 Å². The average Bonchev–Trinajstić information content (AvgIpc) is 3.03. The molecule has 0 bridgehead atoms. The number of nitrogens with one attached hydrogen (secondary N) is 2. The molecule has 0 fully saturated rings. The summed E-state index contributed by atoms with van der Waals surface area (Å²) in [7, 11) is 0. The molecule has 0 radical (unpaired) electrons. The molecule has 8 heteroatoms. The van der Waals surface area contributed by atoms with Gasteiger partial charge in [-0.15, -0.1) is 0 Å². The second-order valence-electron chi connectivity index (χ2n) is 8.07. The number of nitro benzene ring substituents is 1. The molecule has 0 saturated carbocycles. The number of hydrogen-bond donors (Lipinski definition) is 2. The highest BCUT2D eigenvalue weighted by Gasteiger charge is 2.16. The summed E-state index contributed by atoms with van der Waals surface area (Å²) in [6.45, 7) is 5.43. The summed E-state index contributed by atoms with van der Waals surface area (Å²) in [6.07, 6.45) is -0.512. The Morgan fingerprint density at radius 2 is 1.55 bits per heavy atom. The summed E-state index contributed by atoms with van der Waals surface area (Å²) in [5.41, 5.74) is 1.78. The first-order valence-corrected chi connectivity index (χ1v) is 9.66. The monoisotopic (exact) mass is 419 g/mol. The summed E-state index contributed by atoms with van der Waals surface area (Å²) in [6, 6.07) is 17.1. The van der Waals surface area contributed by atoms with E-state index in [-0.39, 0.29) is 5.69 Å². The Morgan fingerprint density at radius 1 is 0.935 bits per heavy atom. The minimum atomic E-state index is -0.574. The Morgan fingerprint density at radius 3 is 2.19 bits per heavy atom. The number of H-pyrrole nitrogens is 1. The number of fused-ring (bicyclic) bond motifs is 3. The van der Waals surface area contributed by atoms with Crippen LogP contribution in [0.3, 0.4) is 0 Å². The zero-order chi connectivity index (χ0) is 22.2. The molecule has 0 unspecified atom stereocenters. The maximum Gasteiger partial charge on any atom is 0.412 e. The lowest BCUT2D eigenvalue weighted by Gasteiger charge is -2.19.